The zero-order chi connectivity index (χ0) is 14.8. The van der Waals surface area contributed by atoms with Gasteiger partial charge in [0, 0.05) is 6.07 Å². The Morgan fingerprint density at radius 1 is 1.24 bits per heavy atom. The van der Waals surface area contributed by atoms with E-state index in [0.29, 0.717) is 29.2 Å². The number of carbonyl (C=O) groups is 1. The first-order valence-corrected chi connectivity index (χ1v) is 6.67. The highest BCUT2D eigenvalue weighted by molar-refractivity contribution is 6.14. The van der Waals surface area contributed by atoms with Gasteiger partial charge in [-0.15, -0.1) is 0 Å². The predicted molar refractivity (Wildman–Crippen MR) is 78.7 cm³/mol. The Labute approximate surface area is 122 Å². The van der Waals surface area contributed by atoms with E-state index >= 15 is 0 Å². The monoisotopic (exact) mass is 282 g/mol. The Kier molecular flexibility index (Phi) is 3.36. The molecule has 4 heteroatoms. The first-order chi connectivity index (χ1) is 10.2. The highest BCUT2D eigenvalue weighted by Gasteiger charge is 2.27. The molecule has 1 aliphatic rings. The van der Waals surface area contributed by atoms with E-state index < -0.39 is 0 Å². The van der Waals surface area contributed by atoms with Crippen molar-refractivity contribution in [1.29, 1.82) is 0 Å². The van der Waals surface area contributed by atoms with Crippen LogP contribution in [0, 0.1) is 0 Å². The molecule has 0 saturated heterocycles. The molecule has 4 nitrogen and oxygen atoms in total. The van der Waals surface area contributed by atoms with E-state index in [1.54, 1.807) is 48.5 Å². The molecule has 0 radical (unpaired) electrons. The normalized spacial score (nSPS) is 14.9. The third kappa shape index (κ3) is 2.60. The van der Waals surface area contributed by atoms with E-state index in [9.17, 15) is 9.90 Å². The van der Waals surface area contributed by atoms with Gasteiger partial charge in [0.25, 0.3) is 0 Å². The Bertz CT molecular complexity index is 731. The number of hydrogen-bond donors (Lipinski definition) is 1. The molecule has 1 N–H and O–H groups in total. The smallest absolute Gasteiger partial charge is 0.231 e. The van der Waals surface area contributed by atoms with Crippen LogP contribution in [0.1, 0.15) is 22.8 Å². The van der Waals surface area contributed by atoms with E-state index in [-0.39, 0.29) is 17.3 Å². The molecule has 1 heterocycles. The second-order valence-corrected chi connectivity index (χ2v) is 4.63. The molecule has 0 aliphatic carbocycles. The van der Waals surface area contributed by atoms with E-state index in [0.717, 1.165) is 0 Å². The minimum Gasteiger partial charge on any atom is -0.508 e. The second kappa shape index (κ2) is 5.32. The summed E-state index contributed by atoms with van der Waals surface area (Å²) in [6.45, 7) is 2.45. The van der Waals surface area contributed by atoms with Gasteiger partial charge in [0.1, 0.15) is 17.2 Å². The number of phenolic OH excluding ortho intramolecular Hbond substituents is 1. The van der Waals surface area contributed by atoms with Crippen LogP contribution in [0.5, 0.6) is 17.2 Å². The molecular weight excluding hydrogens is 268 g/mol. The van der Waals surface area contributed by atoms with Crippen LogP contribution in [0.2, 0.25) is 0 Å². The number of Topliss-reactive ketones (excluding diaryl/α,β-unsaturated/α-hetero) is 1. The zero-order valence-electron chi connectivity index (χ0n) is 11.5. The van der Waals surface area contributed by atoms with Crippen molar-refractivity contribution in [3.8, 4) is 17.2 Å². The maximum atomic E-state index is 12.3. The van der Waals surface area contributed by atoms with Crippen molar-refractivity contribution in [3.63, 3.8) is 0 Å². The van der Waals surface area contributed by atoms with Crippen LogP contribution in [-0.4, -0.2) is 17.5 Å². The molecule has 0 amide bonds. The maximum absolute atomic E-state index is 12.3. The fourth-order valence-electron chi connectivity index (χ4n) is 2.19. The number of rotatable bonds is 3. The molecule has 0 atom stereocenters. The van der Waals surface area contributed by atoms with Gasteiger partial charge in [-0.25, -0.2) is 0 Å². The molecule has 0 fully saturated rings. The first kappa shape index (κ1) is 13.2. The van der Waals surface area contributed by atoms with Crippen molar-refractivity contribution < 1.29 is 19.4 Å². The molecule has 0 unspecified atom stereocenters. The predicted octanol–water partition coefficient (Wildman–Crippen LogP) is 3.41. The van der Waals surface area contributed by atoms with Crippen molar-refractivity contribution in [1.82, 2.24) is 0 Å². The molecule has 106 valence electrons. The molecular formula is C17H14O4. The summed E-state index contributed by atoms with van der Waals surface area (Å²) in [5, 5.41) is 9.45. The second-order valence-electron chi connectivity index (χ2n) is 4.63. The number of carbonyl (C=O) groups excluding carboxylic acids is 1. The average molecular weight is 282 g/mol. The lowest BCUT2D eigenvalue weighted by molar-refractivity contribution is 0.101. The fourth-order valence-corrected chi connectivity index (χ4v) is 2.19. The number of ketones is 1. The molecule has 0 aromatic heterocycles. The van der Waals surface area contributed by atoms with E-state index in [1.165, 1.54) is 0 Å². The number of ether oxygens (including phenoxy) is 2. The van der Waals surface area contributed by atoms with Gasteiger partial charge in [0.15, 0.2) is 5.76 Å². The summed E-state index contributed by atoms with van der Waals surface area (Å²) < 4.78 is 11.0. The van der Waals surface area contributed by atoms with Crippen LogP contribution in [0.4, 0.5) is 0 Å². The van der Waals surface area contributed by atoms with Crippen LogP contribution in [0.3, 0.4) is 0 Å². The molecule has 0 spiro atoms. The topological polar surface area (TPSA) is 55.8 Å². The molecule has 2 aromatic rings. The first-order valence-electron chi connectivity index (χ1n) is 6.67. The van der Waals surface area contributed by atoms with Gasteiger partial charge >= 0.3 is 0 Å². The van der Waals surface area contributed by atoms with Crippen LogP contribution >= 0.6 is 0 Å². The summed E-state index contributed by atoms with van der Waals surface area (Å²) in [7, 11) is 0. The van der Waals surface area contributed by atoms with Gasteiger partial charge in [0.05, 0.1) is 12.2 Å². The summed E-state index contributed by atoms with van der Waals surface area (Å²) in [4.78, 5) is 12.3. The number of fused-ring (bicyclic) bond motifs is 1. The minimum absolute atomic E-state index is 0.144. The van der Waals surface area contributed by atoms with Gasteiger partial charge in [-0.3, -0.25) is 4.79 Å². The van der Waals surface area contributed by atoms with Gasteiger partial charge in [-0.05, 0) is 42.8 Å². The van der Waals surface area contributed by atoms with Crippen molar-refractivity contribution in [2.75, 3.05) is 6.61 Å². The van der Waals surface area contributed by atoms with Crippen LogP contribution < -0.4 is 9.47 Å². The van der Waals surface area contributed by atoms with Crippen molar-refractivity contribution in [2.45, 2.75) is 6.92 Å². The van der Waals surface area contributed by atoms with Crippen molar-refractivity contribution >= 4 is 11.9 Å². The molecule has 2 aromatic carbocycles. The highest BCUT2D eigenvalue weighted by Crippen LogP contribution is 2.35. The standard InChI is InChI=1S/C17H14O4/c1-2-20-13-6-7-14-15(10-13)21-16(17(14)19)9-11-4-3-5-12(18)8-11/h3-10,18H,2H2,1H3. The lowest BCUT2D eigenvalue weighted by Gasteiger charge is -2.03. The molecule has 0 saturated carbocycles. The Balaban J connectivity index is 1.92. The van der Waals surface area contributed by atoms with Crippen molar-refractivity contribution in [2.24, 2.45) is 0 Å². The number of aromatic hydroxyl groups is 1. The Morgan fingerprint density at radius 3 is 2.86 bits per heavy atom. The van der Waals surface area contributed by atoms with Crippen molar-refractivity contribution in [3.05, 3.63) is 59.4 Å². The van der Waals surface area contributed by atoms with E-state index in [1.807, 2.05) is 6.92 Å². The number of allylic oxidation sites excluding steroid dienone is 1. The number of hydrogen-bond acceptors (Lipinski definition) is 4. The summed E-state index contributed by atoms with van der Waals surface area (Å²) in [5.74, 6) is 1.38. The van der Waals surface area contributed by atoms with Gasteiger partial charge in [-0.2, -0.15) is 0 Å². The minimum atomic E-state index is -0.170. The third-order valence-electron chi connectivity index (χ3n) is 3.12. The van der Waals surface area contributed by atoms with Crippen LogP contribution in [0.15, 0.2) is 48.2 Å². The van der Waals surface area contributed by atoms with Crippen LogP contribution in [-0.2, 0) is 0 Å². The fraction of sp³-hybridized carbons (Fsp3) is 0.118. The van der Waals surface area contributed by atoms with Gasteiger partial charge in [0.2, 0.25) is 5.78 Å². The molecule has 1 aliphatic heterocycles. The van der Waals surface area contributed by atoms with E-state index in [4.69, 9.17) is 9.47 Å². The number of benzene rings is 2. The summed E-state index contributed by atoms with van der Waals surface area (Å²) in [6, 6.07) is 11.8. The lowest BCUT2D eigenvalue weighted by Crippen LogP contribution is -1.97. The average Bonchev–Trinajstić information content (AvgIpc) is 2.75. The Morgan fingerprint density at radius 2 is 2.10 bits per heavy atom. The molecule has 21 heavy (non-hydrogen) atoms. The SMILES string of the molecule is CCOc1ccc2c(c1)OC(=Cc1cccc(O)c1)C2=O. The largest absolute Gasteiger partial charge is 0.508 e. The number of phenols is 1. The zero-order valence-corrected chi connectivity index (χ0v) is 11.5. The summed E-state index contributed by atoms with van der Waals surface area (Å²) in [6.07, 6.45) is 1.61. The van der Waals surface area contributed by atoms with Gasteiger partial charge < -0.3 is 14.6 Å². The maximum Gasteiger partial charge on any atom is 0.231 e. The van der Waals surface area contributed by atoms with Gasteiger partial charge in [-0.1, -0.05) is 12.1 Å². The quantitative estimate of drug-likeness (QED) is 0.876. The summed E-state index contributed by atoms with van der Waals surface area (Å²) >= 11 is 0. The van der Waals surface area contributed by atoms with Crippen LogP contribution in [0.25, 0.3) is 6.08 Å². The Hall–Kier alpha value is -2.75. The molecule has 3 rings (SSSR count). The highest BCUT2D eigenvalue weighted by atomic mass is 16.5. The lowest BCUT2D eigenvalue weighted by atomic mass is 10.1. The summed E-state index contributed by atoms with van der Waals surface area (Å²) in [5.41, 5.74) is 1.22. The third-order valence-corrected chi connectivity index (χ3v) is 3.12. The van der Waals surface area contributed by atoms with E-state index in [2.05, 4.69) is 0 Å². The molecule has 0 bridgehead atoms.